The quantitative estimate of drug-likeness (QED) is 0.444. The van der Waals surface area contributed by atoms with E-state index in [1.807, 2.05) is 0 Å². The number of nitrogens with one attached hydrogen (secondary N) is 1. The molecule has 0 amide bonds. The van der Waals surface area contributed by atoms with E-state index in [4.69, 9.17) is 17.4 Å². The zero-order valence-electron chi connectivity index (χ0n) is 11.3. The number of rotatable bonds is 4. The van der Waals surface area contributed by atoms with Gasteiger partial charge in [0, 0.05) is 9.61 Å². The molecule has 19 heavy (non-hydrogen) atoms. The van der Waals surface area contributed by atoms with Gasteiger partial charge < -0.3 is 0 Å². The van der Waals surface area contributed by atoms with Gasteiger partial charge in [0.05, 0.1) is 5.02 Å². The predicted octanol–water partition coefficient (Wildman–Crippen LogP) is 4.67. The van der Waals surface area contributed by atoms with Gasteiger partial charge in [-0.05, 0) is 58.5 Å². The lowest BCUT2D eigenvalue weighted by atomic mass is 9.72. The molecule has 0 heterocycles. The van der Waals surface area contributed by atoms with E-state index in [9.17, 15) is 0 Å². The molecule has 3 N–H and O–H groups in total. The number of halogens is 2. The Morgan fingerprint density at radius 2 is 2.16 bits per heavy atom. The summed E-state index contributed by atoms with van der Waals surface area (Å²) in [4.78, 5) is 0. The van der Waals surface area contributed by atoms with E-state index in [0.717, 1.165) is 14.5 Å². The molecule has 0 radical (unpaired) electrons. The van der Waals surface area contributed by atoms with Crippen LogP contribution in [0.4, 0.5) is 0 Å². The van der Waals surface area contributed by atoms with Crippen LogP contribution in [0.1, 0.15) is 50.6 Å². The van der Waals surface area contributed by atoms with Crippen molar-refractivity contribution in [3.63, 3.8) is 0 Å². The molecule has 1 aromatic carbocycles. The van der Waals surface area contributed by atoms with Gasteiger partial charge in [-0.3, -0.25) is 11.3 Å². The molecule has 1 fully saturated rings. The zero-order valence-corrected chi connectivity index (χ0v) is 14.2. The lowest BCUT2D eigenvalue weighted by Crippen LogP contribution is -2.38. The first kappa shape index (κ1) is 15.5. The van der Waals surface area contributed by atoms with E-state index >= 15 is 0 Å². The Balaban J connectivity index is 2.24. The third-order valence-corrected chi connectivity index (χ3v) is 5.97. The Labute approximate surface area is 134 Å². The van der Waals surface area contributed by atoms with E-state index in [0.29, 0.717) is 5.92 Å². The number of benzene rings is 1. The molecule has 2 nitrogen and oxygen atoms in total. The fraction of sp³-hybridized carbons (Fsp3) is 0.600. The summed E-state index contributed by atoms with van der Waals surface area (Å²) in [6.07, 6.45) is 6.51. The van der Waals surface area contributed by atoms with Gasteiger partial charge in [-0.15, -0.1) is 0 Å². The summed E-state index contributed by atoms with van der Waals surface area (Å²) >= 11 is 8.51. The Morgan fingerprint density at radius 3 is 2.79 bits per heavy atom. The van der Waals surface area contributed by atoms with Crippen LogP contribution >= 0.6 is 34.2 Å². The van der Waals surface area contributed by atoms with Crippen LogP contribution in [0, 0.1) is 15.4 Å². The molecule has 1 aliphatic carbocycles. The molecule has 0 spiro atoms. The summed E-state index contributed by atoms with van der Waals surface area (Å²) < 4.78 is 1.09. The third kappa shape index (κ3) is 3.63. The van der Waals surface area contributed by atoms with E-state index < -0.39 is 0 Å². The van der Waals surface area contributed by atoms with Crippen LogP contribution in [-0.4, -0.2) is 0 Å². The van der Waals surface area contributed by atoms with Gasteiger partial charge in [-0.2, -0.15) is 0 Å². The maximum absolute atomic E-state index is 6.25. The highest BCUT2D eigenvalue weighted by molar-refractivity contribution is 14.1. The Hall–Kier alpha value is 0.160. The standard InChI is InChI=1S/C15H22ClIN2/c1-2-10-5-3-4-6-12(10)15(19-18)11-7-8-14(17)13(16)9-11/h7-10,12,15,19H,2-6,18H2,1H3. The fourth-order valence-corrected chi connectivity index (χ4v) is 3.88. The van der Waals surface area contributed by atoms with Gasteiger partial charge in [0.15, 0.2) is 0 Å². The summed E-state index contributed by atoms with van der Waals surface area (Å²) in [7, 11) is 0. The molecule has 1 aliphatic rings. The minimum absolute atomic E-state index is 0.222. The Morgan fingerprint density at radius 1 is 1.42 bits per heavy atom. The van der Waals surface area contributed by atoms with Crippen LogP contribution < -0.4 is 11.3 Å². The number of nitrogens with two attached hydrogens (primary N) is 1. The van der Waals surface area contributed by atoms with Gasteiger partial charge >= 0.3 is 0 Å². The van der Waals surface area contributed by atoms with E-state index in [1.165, 1.54) is 37.7 Å². The zero-order chi connectivity index (χ0) is 13.8. The predicted molar refractivity (Wildman–Crippen MR) is 90.0 cm³/mol. The first-order chi connectivity index (χ1) is 9.17. The smallest absolute Gasteiger partial charge is 0.0542 e. The second-order valence-corrected chi connectivity index (χ2v) is 7.00. The minimum atomic E-state index is 0.222. The summed E-state index contributed by atoms with van der Waals surface area (Å²) in [5, 5.41) is 0.821. The van der Waals surface area contributed by atoms with Crippen molar-refractivity contribution in [1.29, 1.82) is 0 Å². The molecule has 3 atom stereocenters. The van der Waals surface area contributed by atoms with Crippen molar-refractivity contribution in [3.05, 3.63) is 32.4 Å². The van der Waals surface area contributed by atoms with Crippen molar-refractivity contribution in [2.45, 2.75) is 45.1 Å². The van der Waals surface area contributed by atoms with Crippen LogP contribution in [0.2, 0.25) is 5.02 Å². The largest absolute Gasteiger partial charge is 0.271 e. The molecule has 0 saturated heterocycles. The summed E-state index contributed by atoms with van der Waals surface area (Å²) in [6.45, 7) is 2.29. The van der Waals surface area contributed by atoms with E-state index in [-0.39, 0.29) is 6.04 Å². The average Bonchev–Trinajstić information content (AvgIpc) is 2.44. The molecular weight excluding hydrogens is 371 g/mol. The molecule has 3 unspecified atom stereocenters. The fourth-order valence-electron chi connectivity index (χ4n) is 3.35. The number of hydrogen-bond donors (Lipinski definition) is 2. The molecule has 0 aromatic heterocycles. The van der Waals surface area contributed by atoms with Crippen molar-refractivity contribution in [2.24, 2.45) is 17.7 Å². The van der Waals surface area contributed by atoms with E-state index in [2.05, 4.69) is 53.1 Å². The number of hydrogen-bond acceptors (Lipinski definition) is 2. The van der Waals surface area contributed by atoms with Crippen molar-refractivity contribution < 1.29 is 0 Å². The van der Waals surface area contributed by atoms with E-state index in [1.54, 1.807) is 0 Å². The summed E-state index contributed by atoms with van der Waals surface area (Å²) in [6, 6.07) is 6.51. The highest BCUT2D eigenvalue weighted by atomic mass is 127. The van der Waals surface area contributed by atoms with Crippen molar-refractivity contribution in [2.75, 3.05) is 0 Å². The third-order valence-electron chi connectivity index (χ3n) is 4.40. The van der Waals surface area contributed by atoms with Crippen LogP contribution in [0.3, 0.4) is 0 Å². The summed E-state index contributed by atoms with van der Waals surface area (Å²) in [5.41, 5.74) is 4.26. The lowest BCUT2D eigenvalue weighted by molar-refractivity contribution is 0.176. The molecule has 0 bridgehead atoms. The van der Waals surface area contributed by atoms with Gasteiger partial charge in [0.25, 0.3) is 0 Å². The molecule has 106 valence electrons. The Bertz CT molecular complexity index is 425. The normalized spacial score (nSPS) is 25.3. The summed E-state index contributed by atoms with van der Waals surface area (Å²) in [5.74, 6) is 7.24. The molecule has 1 saturated carbocycles. The van der Waals surface area contributed by atoms with Crippen LogP contribution in [0.25, 0.3) is 0 Å². The van der Waals surface area contributed by atoms with Crippen LogP contribution in [0.5, 0.6) is 0 Å². The van der Waals surface area contributed by atoms with Crippen molar-refractivity contribution in [3.8, 4) is 0 Å². The first-order valence-electron chi connectivity index (χ1n) is 7.08. The van der Waals surface area contributed by atoms with Gasteiger partial charge in [0.1, 0.15) is 0 Å². The SMILES string of the molecule is CCC1CCCCC1C(NN)c1ccc(I)c(Cl)c1. The van der Waals surface area contributed by atoms with Gasteiger partial charge in [-0.1, -0.05) is 50.3 Å². The van der Waals surface area contributed by atoms with Gasteiger partial charge in [-0.25, -0.2) is 0 Å². The highest BCUT2D eigenvalue weighted by Crippen LogP contribution is 2.40. The maximum atomic E-state index is 6.25. The molecule has 4 heteroatoms. The topological polar surface area (TPSA) is 38.0 Å². The maximum Gasteiger partial charge on any atom is 0.0542 e. The number of hydrazine groups is 1. The van der Waals surface area contributed by atoms with Gasteiger partial charge in [0.2, 0.25) is 0 Å². The van der Waals surface area contributed by atoms with Crippen LogP contribution in [-0.2, 0) is 0 Å². The lowest BCUT2D eigenvalue weighted by Gasteiger charge is -2.37. The second-order valence-electron chi connectivity index (χ2n) is 5.43. The highest BCUT2D eigenvalue weighted by Gasteiger charge is 2.31. The molecule has 0 aliphatic heterocycles. The van der Waals surface area contributed by atoms with Crippen molar-refractivity contribution >= 4 is 34.2 Å². The Kier molecular flexibility index (Phi) is 5.93. The monoisotopic (exact) mass is 392 g/mol. The molecule has 1 aromatic rings. The average molecular weight is 393 g/mol. The minimum Gasteiger partial charge on any atom is -0.271 e. The van der Waals surface area contributed by atoms with Crippen LogP contribution in [0.15, 0.2) is 18.2 Å². The molecular formula is C15H22ClIN2. The first-order valence-corrected chi connectivity index (χ1v) is 8.54. The van der Waals surface area contributed by atoms with Crippen molar-refractivity contribution in [1.82, 2.24) is 5.43 Å². The molecule has 2 rings (SSSR count). The second kappa shape index (κ2) is 7.25.